The van der Waals surface area contributed by atoms with Gasteiger partial charge in [-0.1, -0.05) is 29.3 Å². The van der Waals surface area contributed by atoms with E-state index in [2.05, 4.69) is 16.0 Å². The fourth-order valence-corrected chi connectivity index (χ4v) is 3.08. The van der Waals surface area contributed by atoms with Crippen molar-refractivity contribution in [1.29, 1.82) is 5.26 Å². The fourth-order valence-electron chi connectivity index (χ4n) is 2.58. The third-order valence-corrected chi connectivity index (χ3v) is 4.24. The maximum Gasteiger partial charge on any atom is 0.142 e. The molecule has 0 bridgehead atoms. The van der Waals surface area contributed by atoms with E-state index in [1.165, 1.54) is 0 Å². The van der Waals surface area contributed by atoms with Gasteiger partial charge >= 0.3 is 0 Å². The number of hydrogen-bond acceptors (Lipinski definition) is 4. The van der Waals surface area contributed by atoms with Crippen LogP contribution in [-0.4, -0.2) is 9.97 Å². The molecule has 3 rings (SSSR count). The quantitative estimate of drug-likeness (QED) is 0.711. The van der Waals surface area contributed by atoms with E-state index in [0.717, 1.165) is 5.56 Å². The number of pyridine rings is 2. The van der Waals surface area contributed by atoms with Crippen LogP contribution < -0.4 is 5.73 Å². The minimum absolute atomic E-state index is 0.143. The van der Waals surface area contributed by atoms with Gasteiger partial charge in [-0.25, -0.2) is 4.98 Å². The molecule has 0 saturated carbocycles. The van der Waals surface area contributed by atoms with Gasteiger partial charge in [0.15, 0.2) is 0 Å². The number of benzene rings is 1. The second-order valence-electron chi connectivity index (χ2n) is 5.17. The van der Waals surface area contributed by atoms with Crippen LogP contribution in [0.25, 0.3) is 22.5 Å². The molecule has 0 fully saturated rings. The second-order valence-corrected chi connectivity index (χ2v) is 6.02. The summed E-state index contributed by atoms with van der Waals surface area (Å²) in [6.07, 6.45) is 1.67. The molecule has 0 saturated heterocycles. The van der Waals surface area contributed by atoms with Crippen LogP contribution in [0.3, 0.4) is 0 Å². The lowest BCUT2D eigenvalue weighted by atomic mass is 9.95. The van der Waals surface area contributed by atoms with Crippen molar-refractivity contribution in [3.05, 3.63) is 63.8 Å². The van der Waals surface area contributed by atoms with Crippen molar-refractivity contribution in [2.24, 2.45) is 0 Å². The van der Waals surface area contributed by atoms with Gasteiger partial charge in [0.1, 0.15) is 17.5 Å². The maximum absolute atomic E-state index is 9.50. The second kappa shape index (κ2) is 6.48. The van der Waals surface area contributed by atoms with Gasteiger partial charge in [0.2, 0.25) is 0 Å². The summed E-state index contributed by atoms with van der Waals surface area (Å²) >= 11 is 12.3. The van der Waals surface area contributed by atoms with Gasteiger partial charge in [-0.2, -0.15) is 5.26 Å². The first kappa shape index (κ1) is 16.3. The molecule has 0 aliphatic carbocycles. The molecule has 0 unspecified atom stereocenters. The Morgan fingerprint density at radius 3 is 2.58 bits per heavy atom. The topological polar surface area (TPSA) is 75.6 Å². The number of aromatic nitrogens is 2. The molecule has 24 heavy (non-hydrogen) atoms. The zero-order valence-corrected chi connectivity index (χ0v) is 14.2. The van der Waals surface area contributed by atoms with Gasteiger partial charge in [0.25, 0.3) is 0 Å². The third-order valence-electron chi connectivity index (χ3n) is 3.69. The summed E-state index contributed by atoms with van der Waals surface area (Å²) in [6, 6.07) is 12.8. The van der Waals surface area contributed by atoms with Crippen LogP contribution in [0, 0.1) is 18.3 Å². The van der Waals surface area contributed by atoms with E-state index in [1.807, 2.05) is 25.1 Å². The van der Waals surface area contributed by atoms with Crippen molar-refractivity contribution in [3.8, 4) is 28.6 Å². The smallest absolute Gasteiger partial charge is 0.142 e. The first-order valence-electron chi connectivity index (χ1n) is 7.10. The van der Waals surface area contributed by atoms with Crippen LogP contribution in [-0.2, 0) is 0 Å². The zero-order valence-electron chi connectivity index (χ0n) is 12.7. The Hall–Kier alpha value is -2.61. The standard InChI is InChI=1S/C18H12Cl2N4/c1-10-16(15-4-2-3-7-23-15)13(9-21)18(22)24-17(10)12-6-5-11(19)8-14(12)20/h2-8H,1H3,(H2,22,24). The summed E-state index contributed by atoms with van der Waals surface area (Å²) in [6.45, 7) is 1.87. The van der Waals surface area contributed by atoms with Gasteiger partial charge in [-0.05, 0) is 42.8 Å². The molecular formula is C18H12Cl2N4. The van der Waals surface area contributed by atoms with Gasteiger partial charge in [0.05, 0.1) is 16.4 Å². The van der Waals surface area contributed by atoms with E-state index in [9.17, 15) is 5.26 Å². The molecule has 0 spiro atoms. The van der Waals surface area contributed by atoms with Crippen LogP contribution in [0.4, 0.5) is 5.82 Å². The van der Waals surface area contributed by atoms with E-state index in [-0.39, 0.29) is 5.82 Å². The summed E-state index contributed by atoms with van der Waals surface area (Å²) in [5, 5.41) is 10.5. The van der Waals surface area contributed by atoms with Gasteiger partial charge < -0.3 is 5.73 Å². The lowest BCUT2D eigenvalue weighted by molar-refractivity contribution is 1.23. The minimum Gasteiger partial charge on any atom is -0.383 e. The van der Waals surface area contributed by atoms with Gasteiger partial charge in [0, 0.05) is 22.3 Å². The number of nitrogens with zero attached hydrogens (tertiary/aromatic N) is 3. The summed E-state index contributed by atoms with van der Waals surface area (Å²) in [4.78, 5) is 8.73. The van der Waals surface area contributed by atoms with E-state index < -0.39 is 0 Å². The van der Waals surface area contributed by atoms with Gasteiger partial charge in [-0.15, -0.1) is 0 Å². The maximum atomic E-state index is 9.50. The highest BCUT2D eigenvalue weighted by Gasteiger charge is 2.20. The molecule has 0 amide bonds. The first-order valence-corrected chi connectivity index (χ1v) is 7.85. The summed E-state index contributed by atoms with van der Waals surface area (Å²) < 4.78 is 0. The van der Waals surface area contributed by atoms with Crippen LogP contribution in [0.1, 0.15) is 11.1 Å². The molecule has 0 aliphatic rings. The lowest BCUT2D eigenvalue weighted by Crippen LogP contribution is -2.04. The molecule has 0 radical (unpaired) electrons. The Balaban J connectivity index is 2.35. The average Bonchev–Trinajstić information content (AvgIpc) is 2.57. The number of hydrogen-bond donors (Lipinski definition) is 1. The molecule has 2 aromatic heterocycles. The number of halogens is 2. The number of rotatable bonds is 2. The summed E-state index contributed by atoms with van der Waals surface area (Å²) in [7, 11) is 0. The van der Waals surface area contributed by atoms with Crippen molar-refractivity contribution in [3.63, 3.8) is 0 Å². The zero-order chi connectivity index (χ0) is 17.3. The number of nitrogen functional groups attached to an aromatic ring is 1. The predicted molar refractivity (Wildman–Crippen MR) is 96.8 cm³/mol. The van der Waals surface area contributed by atoms with E-state index in [1.54, 1.807) is 24.4 Å². The highest BCUT2D eigenvalue weighted by molar-refractivity contribution is 6.36. The molecule has 2 N–H and O–H groups in total. The lowest BCUT2D eigenvalue weighted by Gasteiger charge is -2.15. The highest BCUT2D eigenvalue weighted by Crippen LogP contribution is 2.37. The van der Waals surface area contributed by atoms with Gasteiger partial charge in [-0.3, -0.25) is 4.98 Å². The first-order chi connectivity index (χ1) is 11.5. The number of nitriles is 1. The molecule has 0 aliphatic heterocycles. The molecule has 2 heterocycles. The third kappa shape index (κ3) is 2.80. The van der Waals surface area contributed by atoms with E-state index in [4.69, 9.17) is 28.9 Å². The largest absolute Gasteiger partial charge is 0.383 e. The Morgan fingerprint density at radius 1 is 1.17 bits per heavy atom. The van der Waals surface area contributed by atoms with Crippen molar-refractivity contribution >= 4 is 29.0 Å². The van der Waals surface area contributed by atoms with Crippen molar-refractivity contribution in [2.45, 2.75) is 6.92 Å². The van der Waals surface area contributed by atoms with Crippen LogP contribution in [0.2, 0.25) is 10.0 Å². The molecule has 3 aromatic rings. The SMILES string of the molecule is Cc1c(-c2ccc(Cl)cc2Cl)nc(N)c(C#N)c1-c1ccccn1. The fraction of sp³-hybridized carbons (Fsp3) is 0.0556. The Labute approximate surface area is 149 Å². The summed E-state index contributed by atoms with van der Waals surface area (Å²) in [5.74, 6) is 0.143. The van der Waals surface area contributed by atoms with Crippen LogP contribution in [0.5, 0.6) is 0 Å². The molecule has 6 heteroatoms. The van der Waals surface area contributed by atoms with Crippen LogP contribution >= 0.6 is 23.2 Å². The van der Waals surface area contributed by atoms with Crippen LogP contribution in [0.15, 0.2) is 42.6 Å². The Kier molecular flexibility index (Phi) is 4.39. The Bertz CT molecular complexity index is 963. The number of anilines is 1. The highest BCUT2D eigenvalue weighted by atomic mass is 35.5. The molecule has 0 atom stereocenters. The predicted octanol–water partition coefficient (Wildman–Crippen LogP) is 4.88. The van der Waals surface area contributed by atoms with Crippen molar-refractivity contribution in [2.75, 3.05) is 5.73 Å². The Morgan fingerprint density at radius 2 is 1.96 bits per heavy atom. The number of nitrogens with two attached hydrogens (primary N) is 1. The van der Waals surface area contributed by atoms with E-state index >= 15 is 0 Å². The normalized spacial score (nSPS) is 10.4. The van der Waals surface area contributed by atoms with Crippen molar-refractivity contribution < 1.29 is 0 Å². The molecule has 118 valence electrons. The minimum atomic E-state index is 0.143. The molecule has 1 aromatic carbocycles. The average molecular weight is 355 g/mol. The molecule has 4 nitrogen and oxygen atoms in total. The van der Waals surface area contributed by atoms with E-state index in [0.29, 0.717) is 38.1 Å². The summed E-state index contributed by atoms with van der Waals surface area (Å²) in [5.41, 5.74) is 9.74. The molecular weight excluding hydrogens is 343 g/mol. The van der Waals surface area contributed by atoms with Crippen molar-refractivity contribution in [1.82, 2.24) is 9.97 Å². The monoisotopic (exact) mass is 354 g/mol.